The lowest BCUT2D eigenvalue weighted by molar-refractivity contribution is -0.144. The molecule has 1 aliphatic heterocycles. The Morgan fingerprint density at radius 3 is 2.65 bits per heavy atom. The van der Waals surface area contributed by atoms with E-state index in [4.69, 9.17) is 4.74 Å². The number of benzene rings is 1. The molecular formula is C19H29NO3. The van der Waals surface area contributed by atoms with Crippen LogP contribution in [0.4, 0.5) is 0 Å². The molecule has 0 bridgehead atoms. The number of nitrogens with one attached hydrogen (secondary N) is 1. The van der Waals surface area contributed by atoms with Crippen LogP contribution >= 0.6 is 0 Å². The molecule has 0 saturated heterocycles. The van der Waals surface area contributed by atoms with E-state index in [1.807, 2.05) is 12.1 Å². The molecule has 1 heterocycles. The summed E-state index contributed by atoms with van der Waals surface area (Å²) in [6, 6.07) is 6.15. The molecule has 128 valence electrons. The Balaban J connectivity index is 2.02. The Kier molecular flexibility index (Phi) is 5.35. The maximum Gasteiger partial charge on any atom is 0.323 e. The molecule has 1 aromatic rings. The number of carboxylic acid groups (broad SMARTS) is 1. The average Bonchev–Trinajstić information content (AvgIpc) is 2.50. The topological polar surface area (TPSA) is 58.6 Å². The molecule has 0 fully saturated rings. The van der Waals surface area contributed by atoms with Gasteiger partial charge in [-0.05, 0) is 55.2 Å². The predicted octanol–water partition coefficient (Wildman–Crippen LogP) is 3.77. The van der Waals surface area contributed by atoms with Crippen LogP contribution in [-0.2, 0) is 17.8 Å². The van der Waals surface area contributed by atoms with Gasteiger partial charge in [-0.25, -0.2) is 0 Å². The summed E-state index contributed by atoms with van der Waals surface area (Å²) in [6.45, 7) is 9.54. The first kappa shape index (κ1) is 17.8. The maximum atomic E-state index is 11.7. The molecule has 4 heteroatoms. The highest BCUT2D eigenvalue weighted by Crippen LogP contribution is 2.28. The van der Waals surface area contributed by atoms with Crippen molar-refractivity contribution in [2.75, 3.05) is 6.61 Å². The van der Waals surface area contributed by atoms with E-state index in [0.29, 0.717) is 13.0 Å². The Labute approximate surface area is 139 Å². The minimum atomic E-state index is -0.903. The van der Waals surface area contributed by atoms with Crippen molar-refractivity contribution in [1.29, 1.82) is 0 Å². The second-order valence-electron chi connectivity index (χ2n) is 7.95. The summed E-state index contributed by atoms with van der Waals surface area (Å²) in [4.78, 5) is 11.7. The second-order valence-corrected chi connectivity index (χ2v) is 7.95. The molecule has 0 spiro atoms. The second kappa shape index (κ2) is 6.91. The number of rotatable bonds is 6. The van der Waals surface area contributed by atoms with Crippen LogP contribution in [0.15, 0.2) is 18.2 Å². The van der Waals surface area contributed by atoms with Gasteiger partial charge in [0.25, 0.3) is 0 Å². The number of fused-ring (bicyclic) bond motifs is 1. The van der Waals surface area contributed by atoms with Gasteiger partial charge in [-0.2, -0.15) is 0 Å². The molecule has 1 unspecified atom stereocenters. The van der Waals surface area contributed by atoms with Crippen LogP contribution in [-0.4, -0.2) is 23.2 Å². The van der Waals surface area contributed by atoms with E-state index in [2.05, 4.69) is 32.2 Å². The first-order chi connectivity index (χ1) is 10.7. The van der Waals surface area contributed by atoms with Gasteiger partial charge in [-0.1, -0.05) is 32.9 Å². The maximum absolute atomic E-state index is 11.7. The van der Waals surface area contributed by atoms with Gasteiger partial charge >= 0.3 is 5.97 Å². The van der Waals surface area contributed by atoms with Gasteiger partial charge in [0.05, 0.1) is 6.61 Å². The Bertz CT molecular complexity index is 562. The smallest absolute Gasteiger partial charge is 0.323 e. The minimum Gasteiger partial charge on any atom is -0.493 e. The van der Waals surface area contributed by atoms with Crippen LogP contribution in [0, 0.1) is 5.41 Å². The molecule has 23 heavy (non-hydrogen) atoms. The lowest BCUT2D eigenvalue weighted by Crippen LogP contribution is -2.49. The summed E-state index contributed by atoms with van der Waals surface area (Å²) in [5, 5.41) is 12.9. The zero-order chi connectivity index (χ0) is 17.1. The fourth-order valence-electron chi connectivity index (χ4n) is 2.72. The third-order valence-corrected chi connectivity index (χ3v) is 4.50. The van der Waals surface area contributed by atoms with E-state index in [9.17, 15) is 9.90 Å². The molecule has 0 aromatic heterocycles. The summed E-state index contributed by atoms with van der Waals surface area (Å²) < 4.78 is 5.62. The first-order valence-electron chi connectivity index (χ1n) is 8.43. The molecule has 1 atom stereocenters. The SMILES string of the molecule is CC(C)(C)CCC(C)(NCc1ccc2c(c1)CCCO2)C(=O)O. The fourth-order valence-corrected chi connectivity index (χ4v) is 2.72. The predicted molar refractivity (Wildman–Crippen MR) is 91.8 cm³/mol. The summed E-state index contributed by atoms with van der Waals surface area (Å²) in [5.74, 6) is 0.178. The molecule has 1 aromatic carbocycles. The normalized spacial score (nSPS) is 17.0. The number of hydrogen-bond acceptors (Lipinski definition) is 3. The van der Waals surface area contributed by atoms with Crippen molar-refractivity contribution in [2.24, 2.45) is 5.41 Å². The van der Waals surface area contributed by atoms with Crippen molar-refractivity contribution < 1.29 is 14.6 Å². The molecule has 0 radical (unpaired) electrons. The molecule has 0 saturated carbocycles. The van der Waals surface area contributed by atoms with Gasteiger partial charge < -0.3 is 9.84 Å². The van der Waals surface area contributed by atoms with Crippen molar-refractivity contribution in [3.05, 3.63) is 29.3 Å². The van der Waals surface area contributed by atoms with Gasteiger partial charge in [-0.15, -0.1) is 0 Å². The number of aryl methyl sites for hydroxylation is 1. The van der Waals surface area contributed by atoms with Crippen LogP contribution in [0.25, 0.3) is 0 Å². The van der Waals surface area contributed by atoms with Gasteiger partial charge in [0.15, 0.2) is 0 Å². The molecule has 0 aliphatic carbocycles. The zero-order valence-corrected chi connectivity index (χ0v) is 14.7. The first-order valence-corrected chi connectivity index (χ1v) is 8.43. The van der Waals surface area contributed by atoms with Gasteiger partial charge in [0, 0.05) is 6.54 Å². The highest BCUT2D eigenvalue weighted by Gasteiger charge is 2.33. The minimum absolute atomic E-state index is 0.127. The molecule has 2 N–H and O–H groups in total. The summed E-state index contributed by atoms with van der Waals surface area (Å²) in [6.07, 6.45) is 3.55. The van der Waals surface area contributed by atoms with Crippen LogP contribution in [0.1, 0.15) is 58.1 Å². The van der Waals surface area contributed by atoms with Crippen molar-refractivity contribution in [2.45, 2.75) is 65.5 Å². The van der Waals surface area contributed by atoms with Gasteiger partial charge in [0.1, 0.15) is 11.3 Å². The lowest BCUT2D eigenvalue weighted by atomic mass is 9.84. The quantitative estimate of drug-likeness (QED) is 0.838. The van der Waals surface area contributed by atoms with E-state index < -0.39 is 11.5 Å². The van der Waals surface area contributed by atoms with E-state index in [1.165, 1.54) is 5.56 Å². The molecular weight excluding hydrogens is 290 g/mol. The highest BCUT2D eigenvalue weighted by molar-refractivity contribution is 5.78. The van der Waals surface area contributed by atoms with E-state index >= 15 is 0 Å². The number of aliphatic carboxylic acids is 1. The van der Waals surface area contributed by atoms with Crippen LogP contribution < -0.4 is 10.1 Å². The summed E-state index contributed by atoms with van der Waals surface area (Å²) in [5.41, 5.74) is 1.56. The van der Waals surface area contributed by atoms with Crippen LogP contribution in [0.2, 0.25) is 0 Å². The Hall–Kier alpha value is -1.55. The standard InChI is InChI=1S/C19H29NO3/c1-18(2,3)9-10-19(4,17(21)22)20-13-14-7-8-16-15(12-14)6-5-11-23-16/h7-8,12,20H,5-6,9-11,13H2,1-4H3,(H,21,22). The summed E-state index contributed by atoms with van der Waals surface area (Å²) in [7, 11) is 0. The zero-order valence-electron chi connectivity index (χ0n) is 14.7. The van der Waals surface area contributed by atoms with Crippen molar-refractivity contribution >= 4 is 5.97 Å². The number of carboxylic acids is 1. The third kappa shape index (κ3) is 4.96. The number of carbonyl (C=O) groups is 1. The lowest BCUT2D eigenvalue weighted by Gasteiger charge is -2.30. The van der Waals surface area contributed by atoms with Crippen molar-refractivity contribution in [3.63, 3.8) is 0 Å². The van der Waals surface area contributed by atoms with Gasteiger partial charge in [0.2, 0.25) is 0 Å². The van der Waals surface area contributed by atoms with E-state index in [-0.39, 0.29) is 5.41 Å². The number of hydrogen-bond donors (Lipinski definition) is 2. The summed E-state index contributed by atoms with van der Waals surface area (Å²) >= 11 is 0. The van der Waals surface area contributed by atoms with Crippen molar-refractivity contribution in [1.82, 2.24) is 5.32 Å². The van der Waals surface area contributed by atoms with Crippen LogP contribution in [0.5, 0.6) is 5.75 Å². The van der Waals surface area contributed by atoms with E-state index in [0.717, 1.165) is 37.2 Å². The highest BCUT2D eigenvalue weighted by atomic mass is 16.5. The van der Waals surface area contributed by atoms with Crippen molar-refractivity contribution in [3.8, 4) is 5.75 Å². The number of ether oxygens (including phenoxy) is 1. The largest absolute Gasteiger partial charge is 0.493 e. The Morgan fingerprint density at radius 2 is 2.00 bits per heavy atom. The monoisotopic (exact) mass is 319 g/mol. The molecule has 2 rings (SSSR count). The molecule has 1 aliphatic rings. The third-order valence-electron chi connectivity index (χ3n) is 4.50. The van der Waals surface area contributed by atoms with Gasteiger partial charge in [-0.3, -0.25) is 10.1 Å². The molecule has 0 amide bonds. The fraction of sp³-hybridized carbons (Fsp3) is 0.632. The Morgan fingerprint density at radius 1 is 1.26 bits per heavy atom. The van der Waals surface area contributed by atoms with Crippen LogP contribution in [0.3, 0.4) is 0 Å². The van der Waals surface area contributed by atoms with E-state index in [1.54, 1.807) is 6.92 Å². The average molecular weight is 319 g/mol. The molecule has 4 nitrogen and oxygen atoms in total.